The first-order valence-electron chi connectivity index (χ1n) is 9.09. The zero-order chi connectivity index (χ0) is 18.1. The van der Waals surface area contributed by atoms with Gasteiger partial charge in [-0.2, -0.15) is 4.98 Å². The Morgan fingerprint density at radius 1 is 1.12 bits per heavy atom. The van der Waals surface area contributed by atoms with Crippen LogP contribution in [0.5, 0.6) is 0 Å². The average Bonchev–Trinajstić information content (AvgIpc) is 3.09. The van der Waals surface area contributed by atoms with Gasteiger partial charge in [0.1, 0.15) is 5.52 Å². The number of piperidine rings is 1. The first kappa shape index (κ1) is 16.6. The van der Waals surface area contributed by atoms with Crippen LogP contribution in [0, 0.1) is 19.8 Å². The van der Waals surface area contributed by atoms with Crippen LogP contribution >= 0.6 is 0 Å². The highest BCUT2D eigenvalue weighted by atomic mass is 16.4. The number of carbonyl (C=O) groups is 1. The van der Waals surface area contributed by atoms with E-state index in [1.807, 2.05) is 42.5 Å². The molecule has 0 aliphatic carbocycles. The SMILES string of the molecule is Cc1ccc(NC(=O)C2CCN(c3nc4ccccc4o3)CC2)cc1C. The summed E-state index contributed by atoms with van der Waals surface area (Å²) >= 11 is 0. The van der Waals surface area contributed by atoms with E-state index in [9.17, 15) is 4.79 Å². The van der Waals surface area contributed by atoms with Crippen molar-refractivity contribution in [2.24, 2.45) is 5.92 Å². The number of hydrogen-bond donors (Lipinski definition) is 1. The molecule has 0 spiro atoms. The number of hydrogen-bond acceptors (Lipinski definition) is 4. The van der Waals surface area contributed by atoms with Crippen LogP contribution in [0.15, 0.2) is 46.9 Å². The molecule has 0 atom stereocenters. The lowest BCUT2D eigenvalue weighted by Gasteiger charge is -2.30. The van der Waals surface area contributed by atoms with Gasteiger partial charge in [0.2, 0.25) is 5.91 Å². The summed E-state index contributed by atoms with van der Waals surface area (Å²) in [6.07, 6.45) is 1.60. The van der Waals surface area contributed by atoms with Gasteiger partial charge in [-0.25, -0.2) is 0 Å². The van der Waals surface area contributed by atoms with Crippen molar-refractivity contribution < 1.29 is 9.21 Å². The van der Waals surface area contributed by atoms with Crippen LogP contribution in [-0.4, -0.2) is 24.0 Å². The number of aryl methyl sites for hydroxylation is 2. The molecule has 134 valence electrons. The molecule has 0 bridgehead atoms. The average molecular weight is 349 g/mol. The zero-order valence-corrected chi connectivity index (χ0v) is 15.2. The minimum absolute atomic E-state index is 0.0252. The Hall–Kier alpha value is -2.82. The number of fused-ring (bicyclic) bond motifs is 1. The van der Waals surface area contributed by atoms with Gasteiger partial charge < -0.3 is 14.6 Å². The molecule has 1 aromatic heterocycles. The standard InChI is InChI=1S/C21H23N3O2/c1-14-7-8-17(13-15(14)2)22-20(25)16-9-11-24(12-10-16)21-23-18-5-3-4-6-19(18)26-21/h3-8,13,16H,9-12H2,1-2H3,(H,22,25). The fourth-order valence-corrected chi connectivity index (χ4v) is 3.39. The van der Waals surface area contributed by atoms with Crippen LogP contribution in [0.4, 0.5) is 11.7 Å². The van der Waals surface area contributed by atoms with E-state index in [1.165, 1.54) is 11.1 Å². The predicted molar refractivity (Wildman–Crippen MR) is 103 cm³/mol. The van der Waals surface area contributed by atoms with Crippen molar-refractivity contribution in [3.63, 3.8) is 0 Å². The Morgan fingerprint density at radius 2 is 1.88 bits per heavy atom. The second-order valence-electron chi connectivity index (χ2n) is 7.01. The van der Waals surface area contributed by atoms with Crippen LogP contribution < -0.4 is 10.2 Å². The molecule has 5 heteroatoms. The number of carbonyl (C=O) groups excluding carboxylic acids is 1. The van der Waals surface area contributed by atoms with Gasteiger partial charge in [0.15, 0.2) is 5.58 Å². The topological polar surface area (TPSA) is 58.4 Å². The molecular formula is C21H23N3O2. The van der Waals surface area contributed by atoms with Crippen molar-refractivity contribution in [1.29, 1.82) is 0 Å². The van der Waals surface area contributed by atoms with Crippen molar-refractivity contribution in [2.45, 2.75) is 26.7 Å². The summed E-state index contributed by atoms with van der Waals surface area (Å²) < 4.78 is 5.84. The van der Waals surface area contributed by atoms with Gasteiger partial charge in [0, 0.05) is 24.7 Å². The molecule has 0 unspecified atom stereocenters. The highest BCUT2D eigenvalue weighted by Crippen LogP contribution is 2.27. The van der Waals surface area contributed by atoms with Gasteiger partial charge in [0.05, 0.1) is 0 Å². The summed E-state index contributed by atoms with van der Waals surface area (Å²) in [5.41, 5.74) is 4.97. The number of amides is 1. The Labute approximate surface area is 153 Å². The van der Waals surface area contributed by atoms with Crippen molar-refractivity contribution in [2.75, 3.05) is 23.3 Å². The number of anilines is 2. The van der Waals surface area contributed by atoms with E-state index >= 15 is 0 Å². The van der Waals surface area contributed by atoms with E-state index in [0.717, 1.165) is 42.7 Å². The van der Waals surface area contributed by atoms with Crippen LogP contribution in [0.3, 0.4) is 0 Å². The van der Waals surface area contributed by atoms with Crippen LogP contribution in [0.25, 0.3) is 11.1 Å². The molecule has 2 aromatic carbocycles. The summed E-state index contributed by atoms with van der Waals surface area (Å²) in [5, 5.41) is 3.06. The summed E-state index contributed by atoms with van der Waals surface area (Å²) in [7, 11) is 0. The van der Waals surface area contributed by atoms with Gasteiger partial charge >= 0.3 is 0 Å². The number of nitrogens with zero attached hydrogens (tertiary/aromatic N) is 2. The lowest BCUT2D eigenvalue weighted by molar-refractivity contribution is -0.120. The monoisotopic (exact) mass is 349 g/mol. The van der Waals surface area contributed by atoms with Gasteiger partial charge in [-0.15, -0.1) is 0 Å². The van der Waals surface area contributed by atoms with Crippen LogP contribution in [-0.2, 0) is 4.79 Å². The number of oxazole rings is 1. The first-order valence-corrected chi connectivity index (χ1v) is 9.09. The summed E-state index contributed by atoms with van der Waals surface area (Å²) in [5.74, 6) is 0.128. The maximum absolute atomic E-state index is 12.6. The summed E-state index contributed by atoms with van der Waals surface area (Å²) in [6, 6.07) is 14.5. The molecule has 0 saturated carbocycles. The molecule has 1 amide bonds. The molecule has 26 heavy (non-hydrogen) atoms. The number of rotatable bonds is 3. The smallest absolute Gasteiger partial charge is 0.298 e. The van der Waals surface area contributed by atoms with Gasteiger partial charge in [-0.1, -0.05) is 18.2 Å². The van der Waals surface area contributed by atoms with E-state index in [0.29, 0.717) is 6.01 Å². The molecule has 3 aromatic rings. The van der Waals surface area contributed by atoms with Crippen LogP contribution in [0.1, 0.15) is 24.0 Å². The maximum Gasteiger partial charge on any atom is 0.298 e. The molecule has 1 fully saturated rings. The number of nitrogens with one attached hydrogen (secondary N) is 1. The fraction of sp³-hybridized carbons (Fsp3) is 0.333. The Balaban J connectivity index is 1.38. The first-order chi connectivity index (χ1) is 12.6. The third kappa shape index (κ3) is 3.29. The summed E-state index contributed by atoms with van der Waals surface area (Å²) in [4.78, 5) is 19.3. The third-order valence-electron chi connectivity index (χ3n) is 5.19. The summed E-state index contributed by atoms with van der Waals surface area (Å²) in [6.45, 7) is 5.68. The van der Waals surface area contributed by atoms with E-state index < -0.39 is 0 Å². The fourth-order valence-electron chi connectivity index (χ4n) is 3.39. The lowest BCUT2D eigenvalue weighted by Crippen LogP contribution is -2.38. The number of benzene rings is 2. The molecule has 4 rings (SSSR count). The minimum atomic E-state index is 0.0252. The van der Waals surface area contributed by atoms with E-state index in [1.54, 1.807) is 0 Å². The molecule has 5 nitrogen and oxygen atoms in total. The van der Waals surface area contributed by atoms with Gasteiger partial charge in [-0.3, -0.25) is 4.79 Å². The highest BCUT2D eigenvalue weighted by molar-refractivity contribution is 5.92. The number of aromatic nitrogens is 1. The lowest BCUT2D eigenvalue weighted by atomic mass is 9.96. The normalized spacial score (nSPS) is 15.4. The second kappa shape index (κ2) is 6.83. The maximum atomic E-state index is 12.6. The van der Waals surface area contributed by atoms with Crippen molar-refractivity contribution in [3.8, 4) is 0 Å². The largest absolute Gasteiger partial charge is 0.423 e. The molecule has 0 radical (unpaired) electrons. The molecule has 1 aliphatic heterocycles. The van der Waals surface area contributed by atoms with Crippen molar-refractivity contribution in [1.82, 2.24) is 4.98 Å². The molecular weight excluding hydrogens is 326 g/mol. The van der Waals surface area contributed by atoms with Crippen molar-refractivity contribution >= 4 is 28.7 Å². The van der Waals surface area contributed by atoms with E-state index in [-0.39, 0.29) is 11.8 Å². The predicted octanol–water partition coefficient (Wildman–Crippen LogP) is 4.30. The van der Waals surface area contributed by atoms with Gasteiger partial charge in [-0.05, 0) is 62.1 Å². The molecule has 1 N–H and O–H groups in total. The Bertz CT molecular complexity index is 906. The minimum Gasteiger partial charge on any atom is -0.423 e. The van der Waals surface area contributed by atoms with Crippen LogP contribution in [0.2, 0.25) is 0 Å². The van der Waals surface area contributed by atoms with E-state index in [2.05, 4.69) is 29.0 Å². The Morgan fingerprint density at radius 3 is 2.62 bits per heavy atom. The highest BCUT2D eigenvalue weighted by Gasteiger charge is 2.27. The molecule has 1 saturated heterocycles. The number of para-hydroxylation sites is 2. The quantitative estimate of drug-likeness (QED) is 0.766. The molecule has 1 aliphatic rings. The zero-order valence-electron chi connectivity index (χ0n) is 15.2. The van der Waals surface area contributed by atoms with E-state index in [4.69, 9.17) is 4.42 Å². The Kier molecular flexibility index (Phi) is 4.37. The molecule has 2 heterocycles. The second-order valence-corrected chi connectivity index (χ2v) is 7.01. The third-order valence-corrected chi connectivity index (χ3v) is 5.19. The van der Waals surface area contributed by atoms with Gasteiger partial charge in [0.25, 0.3) is 6.01 Å². The van der Waals surface area contributed by atoms with Crippen molar-refractivity contribution in [3.05, 3.63) is 53.6 Å².